The third kappa shape index (κ3) is 7.07. The highest BCUT2D eigenvalue weighted by atomic mass is 16.4. The van der Waals surface area contributed by atoms with Gasteiger partial charge >= 0.3 is 11.9 Å². The van der Waals surface area contributed by atoms with E-state index in [1.807, 2.05) is 0 Å². The van der Waals surface area contributed by atoms with Gasteiger partial charge in [-0.25, -0.2) is 9.59 Å². The molecule has 1 aliphatic rings. The van der Waals surface area contributed by atoms with Crippen molar-refractivity contribution < 1.29 is 19.8 Å². The summed E-state index contributed by atoms with van der Waals surface area (Å²) in [6, 6.07) is 11.4. The Bertz CT molecular complexity index is 647. The molecule has 0 radical (unpaired) electrons. The van der Waals surface area contributed by atoms with E-state index in [-0.39, 0.29) is 5.41 Å². The van der Waals surface area contributed by atoms with Gasteiger partial charge < -0.3 is 15.1 Å². The minimum atomic E-state index is -1.26. The van der Waals surface area contributed by atoms with Gasteiger partial charge in [0, 0.05) is 23.6 Å². The number of rotatable bonds is 6. The zero-order chi connectivity index (χ0) is 19.6. The Morgan fingerprint density at radius 3 is 2.00 bits per heavy atom. The Kier molecular flexibility index (Phi) is 8.52. The van der Waals surface area contributed by atoms with E-state index >= 15 is 0 Å². The zero-order valence-corrected chi connectivity index (χ0v) is 15.5. The monoisotopic (exact) mass is 357 g/mol. The number of aliphatic carboxylic acids is 2. The summed E-state index contributed by atoms with van der Waals surface area (Å²) in [5.74, 6) is -2.51. The molecular weight excluding hydrogens is 330 g/mol. The molecule has 0 aromatic heterocycles. The molecule has 1 aromatic carbocycles. The fourth-order valence-corrected chi connectivity index (χ4v) is 2.70. The largest absolute Gasteiger partial charge is 0.478 e. The summed E-state index contributed by atoms with van der Waals surface area (Å²) >= 11 is 0. The lowest BCUT2D eigenvalue weighted by Gasteiger charge is -2.35. The minimum absolute atomic E-state index is 0.0726. The van der Waals surface area contributed by atoms with Crippen LogP contribution in [0.4, 0.5) is 0 Å². The van der Waals surface area contributed by atoms with Crippen LogP contribution in [-0.4, -0.2) is 47.2 Å². The van der Waals surface area contributed by atoms with Crippen molar-refractivity contribution in [3.8, 4) is 0 Å². The first-order valence-electron chi connectivity index (χ1n) is 8.48. The molecule has 0 saturated carbocycles. The van der Waals surface area contributed by atoms with E-state index in [4.69, 9.17) is 10.2 Å². The predicted octanol–water partition coefficient (Wildman–Crippen LogP) is 3.49. The Morgan fingerprint density at radius 1 is 1.08 bits per heavy atom. The molecule has 0 spiro atoms. The molecule has 26 heavy (non-hydrogen) atoms. The molecule has 1 atom stereocenters. The number of nitrogens with zero attached hydrogens (tertiary/aromatic N) is 1. The highest BCUT2D eigenvalue weighted by Gasteiger charge is 2.29. The van der Waals surface area contributed by atoms with Crippen LogP contribution in [0.25, 0.3) is 0 Å². The molecule has 0 heterocycles. The molecule has 140 valence electrons. The Balaban J connectivity index is 0.000000359. The molecule has 0 aliphatic heterocycles. The van der Waals surface area contributed by atoms with E-state index in [9.17, 15) is 9.59 Å². The van der Waals surface area contributed by atoms with Crippen molar-refractivity contribution in [2.45, 2.75) is 31.2 Å². The quantitative estimate of drug-likeness (QED) is 0.602. The second kappa shape index (κ2) is 10.4. The molecule has 0 bridgehead atoms. The van der Waals surface area contributed by atoms with Gasteiger partial charge in [-0.15, -0.1) is 0 Å². The van der Waals surface area contributed by atoms with Crippen molar-refractivity contribution in [2.75, 3.05) is 14.1 Å². The fourth-order valence-electron chi connectivity index (χ4n) is 2.70. The molecule has 0 unspecified atom stereocenters. The van der Waals surface area contributed by atoms with Crippen molar-refractivity contribution >= 4 is 11.9 Å². The summed E-state index contributed by atoms with van der Waals surface area (Å²) in [4.78, 5) is 21.4. The fraction of sp³-hybridized carbons (Fsp3) is 0.333. The van der Waals surface area contributed by atoms with Gasteiger partial charge in [0.25, 0.3) is 0 Å². The lowest BCUT2D eigenvalue weighted by molar-refractivity contribution is -0.134. The number of carboxylic acids is 2. The van der Waals surface area contributed by atoms with E-state index in [2.05, 4.69) is 80.6 Å². The van der Waals surface area contributed by atoms with E-state index in [1.54, 1.807) is 0 Å². The van der Waals surface area contributed by atoms with Crippen LogP contribution >= 0.6 is 0 Å². The minimum Gasteiger partial charge on any atom is -0.478 e. The van der Waals surface area contributed by atoms with Crippen LogP contribution in [-0.2, 0) is 15.0 Å². The molecule has 0 fully saturated rings. The van der Waals surface area contributed by atoms with Gasteiger partial charge in [0.05, 0.1) is 0 Å². The van der Waals surface area contributed by atoms with Gasteiger partial charge in [-0.1, -0.05) is 54.6 Å². The van der Waals surface area contributed by atoms with Crippen LogP contribution in [0.1, 0.15) is 25.3 Å². The lowest BCUT2D eigenvalue weighted by Crippen LogP contribution is -2.34. The maximum atomic E-state index is 9.55. The predicted molar refractivity (Wildman–Crippen MR) is 103 cm³/mol. The third-order valence-electron chi connectivity index (χ3n) is 4.30. The van der Waals surface area contributed by atoms with Crippen molar-refractivity contribution in [1.29, 1.82) is 0 Å². The topological polar surface area (TPSA) is 77.8 Å². The van der Waals surface area contributed by atoms with Crippen molar-refractivity contribution in [3.05, 3.63) is 72.4 Å². The Labute approximate surface area is 155 Å². The first kappa shape index (κ1) is 21.4. The van der Waals surface area contributed by atoms with Crippen molar-refractivity contribution in [1.82, 2.24) is 4.90 Å². The molecule has 1 aromatic rings. The number of benzene rings is 1. The second-order valence-corrected chi connectivity index (χ2v) is 6.47. The summed E-state index contributed by atoms with van der Waals surface area (Å²) in [6.07, 6.45) is 12.6. The second-order valence-electron chi connectivity index (χ2n) is 6.47. The summed E-state index contributed by atoms with van der Waals surface area (Å²) in [6.45, 7) is 2.29. The SMILES string of the molecule is C[C@H](CC1(c2ccccc2)C=CCC=C1)N(C)C.O=C(O)/C=C\C(=O)O. The van der Waals surface area contributed by atoms with Crippen molar-refractivity contribution in [3.63, 3.8) is 0 Å². The van der Waals surface area contributed by atoms with Gasteiger partial charge in [-0.05, 0) is 39.4 Å². The molecule has 0 saturated heterocycles. The maximum Gasteiger partial charge on any atom is 0.328 e. The number of carbonyl (C=O) groups is 2. The van der Waals surface area contributed by atoms with Gasteiger partial charge in [0.15, 0.2) is 0 Å². The van der Waals surface area contributed by atoms with E-state index < -0.39 is 11.9 Å². The maximum absolute atomic E-state index is 9.55. The van der Waals surface area contributed by atoms with Gasteiger partial charge in [-0.3, -0.25) is 0 Å². The van der Waals surface area contributed by atoms with Gasteiger partial charge in [-0.2, -0.15) is 0 Å². The van der Waals surface area contributed by atoms with E-state index in [0.29, 0.717) is 18.2 Å². The molecule has 2 rings (SSSR count). The summed E-state index contributed by atoms with van der Waals surface area (Å²) in [5, 5.41) is 15.6. The average Bonchev–Trinajstić information content (AvgIpc) is 2.62. The van der Waals surface area contributed by atoms with Crippen LogP contribution in [0.3, 0.4) is 0 Å². The molecule has 0 amide bonds. The molecule has 5 nitrogen and oxygen atoms in total. The summed E-state index contributed by atoms with van der Waals surface area (Å²) in [5.41, 5.74) is 1.47. The van der Waals surface area contributed by atoms with Crippen LogP contribution in [0.5, 0.6) is 0 Å². The van der Waals surface area contributed by atoms with Crippen LogP contribution in [0.2, 0.25) is 0 Å². The number of hydrogen-bond donors (Lipinski definition) is 2. The van der Waals surface area contributed by atoms with Crippen LogP contribution in [0.15, 0.2) is 66.8 Å². The standard InChI is InChI=1S/C17H23N.C4H4O4/c1-15(18(2)3)14-17(12-8-5-9-13-17)16-10-6-4-7-11-16;5-3(6)1-2-4(7)8/h4,6-13,15H,5,14H2,1-3H3;1-2H,(H,5,6)(H,7,8)/b;2-1-/t15-;/m1./s1. The number of allylic oxidation sites excluding steroid dienone is 4. The zero-order valence-electron chi connectivity index (χ0n) is 15.5. The highest BCUT2D eigenvalue weighted by molar-refractivity contribution is 5.89. The molecule has 5 heteroatoms. The summed E-state index contributed by atoms with van der Waals surface area (Å²) < 4.78 is 0. The van der Waals surface area contributed by atoms with Gasteiger partial charge in [0.2, 0.25) is 0 Å². The molecule has 1 aliphatic carbocycles. The molecule has 2 N–H and O–H groups in total. The first-order chi connectivity index (χ1) is 12.3. The van der Waals surface area contributed by atoms with E-state index in [0.717, 1.165) is 12.8 Å². The average molecular weight is 357 g/mol. The van der Waals surface area contributed by atoms with Crippen molar-refractivity contribution in [2.24, 2.45) is 0 Å². The molecular formula is C21H27NO4. The highest BCUT2D eigenvalue weighted by Crippen LogP contribution is 2.35. The van der Waals surface area contributed by atoms with Crippen LogP contribution in [0, 0.1) is 0 Å². The third-order valence-corrected chi connectivity index (χ3v) is 4.30. The Morgan fingerprint density at radius 2 is 1.58 bits per heavy atom. The van der Waals surface area contributed by atoms with E-state index in [1.165, 1.54) is 5.56 Å². The van der Waals surface area contributed by atoms with Crippen LogP contribution < -0.4 is 0 Å². The number of carboxylic acid groups (broad SMARTS) is 2. The Hall–Kier alpha value is -2.66. The smallest absolute Gasteiger partial charge is 0.328 e. The number of hydrogen-bond acceptors (Lipinski definition) is 3. The normalized spacial score (nSPS) is 16.2. The first-order valence-corrected chi connectivity index (χ1v) is 8.48. The summed E-state index contributed by atoms with van der Waals surface area (Å²) in [7, 11) is 4.30. The van der Waals surface area contributed by atoms with Gasteiger partial charge in [0.1, 0.15) is 0 Å². The lowest BCUT2D eigenvalue weighted by atomic mass is 9.73.